The highest BCUT2D eigenvalue weighted by atomic mass is 16.6. The molecule has 0 radical (unpaired) electrons. The molecule has 2 atom stereocenters. The fourth-order valence-electron chi connectivity index (χ4n) is 3.46. The van der Waals surface area contributed by atoms with Gasteiger partial charge in [0.05, 0.1) is 13.2 Å². The van der Waals surface area contributed by atoms with Gasteiger partial charge in [0.1, 0.15) is 6.04 Å². The quantitative estimate of drug-likeness (QED) is 0.158. The van der Waals surface area contributed by atoms with E-state index in [1.807, 2.05) is 27.7 Å². The molecule has 0 aliphatic heterocycles. The SMILES string of the molecule is CCCCCCCCCCCCCCCOC(=O)[C@@H](NC(=O)OCC(C)C)C(C)CC. The number of carbonyl (C=O) groups is 2. The molecule has 0 fully saturated rings. The number of alkyl carbamates (subject to hydrolysis) is 1. The molecule has 0 aliphatic rings. The molecule has 0 bridgehead atoms. The number of nitrogens with one attached hydrogen (secondary N) is 1. The topological polar surface area (TPSA) is 64.6 Å². The molecule has 0 aromatic carbocycles. The predicted octanol–water partition coefficient (Wildman–Crippen LogP) is 7.42. The smallest absolute Gasteiger partial charge is 0.407 e. The van der Waals surface area contributed by atoms with Crippen LogP contribution in [0.25, 0.3) is 0 Å². The zero-order valence-electron chi connectivity index (χ0n) is 21.2. The fraction of sp³-hybridized carbons (Fsp3) is 0.923. The number of unbranched alkanes of at least 4 members (excludes halogenated alkanes) is 12. The minimum atomic E-state index is -0.647. The van der Waals surface area contributed by atoms with E-state index in [4.69, 9.17) is 9.47 Å². The highest BCUT2D eigenvalue weighted by molar-refractivity contribution is 5.81. The van der Waals surface area contributed by atoms with E-state index in [1.165, 1.54) is 70.6 Å². The molecule has 0 saturated heterocycles. The van der Waals surface area contributed by atoms with Crippen LogP contribution in [-0.2, 0) is 14.3 Å². The van der Waals surface area contributed by atoms with Crippen molar-refractivity contribution in [2.24, 2.45) is 11.8 Å². The van der Waals surface area contributed by atoms with Crippen LogP contribution in [0.3, 0.4) is 0 Å². The summed E-state index contributed by atoms with van der Waals surface area (Å²) in [5.74, 6) is -0.0872. The zero-order chi connectivity index (χ0) is 23.3. The van der Waals surface area contributed by atoms with E-state index in [2.05, 4.69) is 12.2 Å². The molecule has 5 nitrogen and oxygen atoms in total. The van der Waals surface area contributed by atoms with Crippen molar-refractivity contribution in [3.63, 3.8) is 0 Å². The lowest BCUT2D eigenvalue weighted by atomic mass is 9.99. The van der Waals surface area contributed by atoms with Crippen LogP contribution in [0.2, 0.25) is 0 Å². The second-order valence-corrected chi connectivity index (χ2v) is 9.41. The largest absolute Gasteiger partial charge is 0.464 e. The summed E-state index contributed by atoms with van der Waals surface area (Å²) < 4.78 is 10.6. The van der Waals surface area contributed by atoms with Gasteiger partial charge in [-0.3, -0.25) is 0 Å². The van der Waals surface area contributed by atoms with Crippen LogP contribution in [0.4, 0.5) is 4.79 Å². The Hall–Kier alpha value is -1.26. The van der Waals surface area contributed by atoms with E-state index in [1.54, 1.807) is 0 Å². The minimum absolute atomic E-state index is 0.00532. The van der Waals surface area contributed by atoms with E-state index in [0.29, 0.717) is 13.2 Å². The summed E-state index contributed by atoms with van der Waals surface area (Å²) in [6.45, 7) is 10.9. The number of ether oxygens (including phenoxy) is 2. The lowest BCUT2D eigenvalue weighted by Gasteiger charge is -2.22. The van der Waals surface area contributed by atoms with Gasteiger partial charge in [-0.1, -0.05) is 118 Å². The minimum Gasteiger partial charge on any atom is -0.464 e. The lowest BCUT2D eigenvalue weighted by Crippen LogP contribution is -2.46. The van der Waals surface area contributed by atoms with Gasteiger partial charge in [0.25, 0.3) is 0 Å². The van der Waals surface area contributed by atoms with Crippen LogP contribution in [0.1, 0.15) is 125 Å². The van der Waals surface area contributed by atoms with Crippen LogP contribution in [0, 0.1) is 11.8 Å². The second kappa shape index (κ2) is 20.6. The monoisotopic (exact) mass is 441 g/mol. The van der Waals surface area contributed by atoms with Crippen LogP contribution in [0.5, 0.6) is 0 Å². The first-order valence-electron chi connectivity index (χ1n) is 13.0. The molecule has 31 heavy (non-hydrogen) atoms. The van der Waals surface area contributed by atoms with Crippen LogP contribution < -0.4 is 5.32 Å². The van der Waals surface area contributed by atoms with Crippen LogP contribution in [-0.4, -0.2) is 31.3 Å². The normalized spacial score (nSPS) is 13.1. The number of esters is 1. The Bertz CT molecular complexity index is 439. The summed E-state index contributed by atoms with van der Waals surface area (Å²) in [6.07, 6.45) is 17.0. The first-order valence-corrected chi connectivity index (χ1v) is 13.0. The molecule has 0 aromatic rings. The predicted molar refractivity (Wildman–Crippen MR) is 129 cm³/mol. The first kappa shape index (κ1) is 29.7. The standard InChI is InChI=1S/C26H51NO4/c1-6-8-9-10-11-12-13-14-15-16-17-18-19-20-30-25(28)24(23(5)7-2)27-26(29)31-21-22(3)4/h22-24H,6-21H2,1-5H3,(H,27,29)/t23?,24-/m0/s1. The number of hydrogen-bond acceptors (Lipinski definition) is 4. The van der Waals surface area contributed by atoms with Gasteiger partial charge in [0, 0.05) is 0 Å². The summed E-state index contributed by atoms with van der Waals surface area (Å²) in [4.78, 5) is 24.4. The van der Waals surface area contributed by atoms with Crippen LogP contribution in [0.15, 0.2) is 0 Å². The number of carbonyl (C=O) groups excluding carboxylic acids is 2. The van der Waals surface area contributed by atoms with Gasteiger partial charge < -0.3 is 14.8 Å². The zero-order valence-corrected chi connectivity index (χ0v) is 21.2. The average Bonchev–Trinajstić information content (AvgIpc) is 2.75. The molecular weight excluding hydrogens is 390 g/mol. The molecule has 184 valence electrons. The van der Waals surface area contributed by atoms with E-state index >= 15 is 0 Å². The van der Waals surface area contributed by atoms with Gasteiger partial charge in [0.15, 0.2) is 0 Å². The maximum absolute atomic E-state index is 12.4. The Kier molecular flexibility index (Phi) is 19.8. The molecule has 5 heteroatoms. The van der Waals surface area contributed by atoms with Crippen molar-refractivity contribution < 1.29 is 19.1 Å². The maximum Gasteiger partial charge on any atom is 0.407 e. The number of amides is 1. The Labute approximate surface area is 192 Å². The van der Waals surface area contributed by atoms with Crippen LogP contribution >= 0.6 is 0 Å². The maximum atomic E-state index is 12.4. The molecule has 0 aromatic heterocycles. The van der Waals surface area contributed by atoms with Gasteiger partial charge in [0.2, 0.25) is 0 Å². The number of hydrogen-bond donors (Lipinski definition) is 1. The lowest BCUT2D eigenvalue weighted by molar-refractivity contribution is -0.147. The van der Waals surface area contributed by atoms with Gasteiger partial charge >= 0.3 is 12.1 Å². The average molecular weight is 442 g/mol. The molecule has 0 saturated carbocycles. The van der Waals surface area contributed by atoms with Crippen molar-refractivity contribution in [2.45, 2.75) is 131 Å². The molecule has 1 N–H and O–H groups in total. The fourth-order valence-corrected chi connectivity index (χ4v) is 3.46. The van der Waals surface area contributed by atoms with Crippen molar-refractivity contribution in [3.8, 4) is 0 Å². The van der Waals surface area contributed by atoms with E-state index < -0.39 is 12.1 Å². The van der Waals surface area contributed by atoms with Gasteiger partial charge in [-0.15, -0.1) is 0 Å². The third-order valence-electron chi connectivity index (χ3n) is 5.78. The molecule has 0 aliphatic carbocycles. The first-order chi connectivity index (χ1) is 14.9. The Morgan fingerprint density at radius 1 is 0.710 bits per heavy atom. The molecule has 0 rings (SSSR count). The van der Waals surface area contributed by atoms with E-state index in [-0.39, 0.29) is 17.8 Å². The van der Waals surface area contributed by atoms with Crippen molar-refractivity contribution >= 4 is 12.1 Å². The van der Waals surface area contributed by atoms with E-state index in [9.17, 15) is 9.59 Å². The summed E-state index contributed by atoms with van der Waals surface area (Å²) in [5.41, 5.74) is 0. The molecule has 0 spiro atoms. The highest BCUT2D eigenvalue weighted by Gasteiger charge is 2.27. The van der Waals surface area contributed by atoms with Crippen molar-refractivity contribution in [3.05, 3.63) is 0 Å². The Balaban J connectivity index is 3.80. The summed E-state index contributed by atoms with van der Waals surface area (Å²) >= 11 is 0. The Morgan fingerprint density at radius 2 is 1.19 bits per heavy atom. The molecule has 1 unspecified atom stereocenters. The van der Waals surface area contributed by atoms with E-state index in [0.717, 1.165) is 19.3 Å². The summed E-state index contributed by atoms with van der Waals surface area (Å²) in [7, 11) is 0. The van der Waals surface area contributed by atoms with Gasteiger partial charge in [-0.2, -0.15) is 0 Å². The van der Waals surface area contributed by atoms with Gasteiger partial charge in [-0.25, -0.2) is 9.59 Å². The molecule has 0 heterocycles. The van der Waals surface area contributed by atoms with Crippen molar-refractivity contribution in [2.75, 3.05) is 13.2 Å². The third-order valence-corrected chi connectivity index (χ3v) is 5.78. The number of rotatable bonds is 20. The highest BCUT2D eigenvalue weighted by Crippen LogP contribution is 2.13. The second-order valence-electron chi connectivity index (χ2n) is 9.41. The molecular formula is C26H51NO4. The van der Waals surface area contributed by atoms with Crippen molar-refractivity contribution in [1.29, 1.82) is 0 Å². The van der Waals surface area contributed by atoms with Gasteiger partial charge in [-0.05, 0) is 18.3 Å². The summed E-state index contributed by atoms with van der Waals surface area (Å²) in [5, 5.41) is 2.69. The summed E-state index contributed by atoms with van der Waals surface area (Å²) in [6, 6.07) is -0.647. The third kappa shape index (κ3) is 18.1. The molecule has 1 amide bonds. The van der Waals surface area contributed by atoms with Crippen molar-refractivity contribution in [1.82, 2.24) is 5.32 Å². The Morgan fingerprint density at radius 3 is 1.65 bits per heavy atom.